The van der Waals surface area contributed by atoms with Gasteiger partial charge in [0.25, 0.3) is 0 Å². The number of aryl methyl sites for hydroxylation is 1. The van der Waals surface area contributed by atoms with Crippen molar-refractivity contribution in [2.45, 2.75) is 25.8 Å². The third kappa shape index (κ3) is 1.77. The molecule has 14 heavy (non-hydrogen) atoms. The molecule has 0 aliphatic heterocycles. The molecule has 0 fully saturated rings. The molecule has 0 aromatic carbocycles. The molecule has 0 aliphatic rings. The number of pyridine rings is 1. The zero-order valence-electron chi connectivity index (χ0n) is 8.33. The van der Waals surface area contributed by atoms with Crippen molar-refractivity contribution >= 4 is 11.0 Å². The van der Waals surface area contributed by atoms with Crippen molar-refractivity contribution < 1.29 is 0 Å². The minimum absolute atomic E-state index is 0.261. The van der Waals surface area contributed by atoms with Crippen LogP contribution in [0.5, 0.6) is 0 Å². The predicted octanol–water partition coefficient (Wildman–Crippen LogP) is 1.84. The lowest BCUT2D eigenvalue weighted by Crippen LogP contribution is -2.15. The molecule has 74 valence electrons. The highest BCUT2D eigenvalue weighted by Gasteiger charge is 2.04. The van der Waals surface area contributed by atoms with Gasteiger partial charge in [0.2, 0.25) is 0 Å². The van der Waals surface area contributed by atoms with E-state index in [0.29, 0.717) is 0 Å². The minimum Gasteiger partial charge on any atom is -0.346 e. The maximum atomic E-state index is 5.73. The summed E-state index contributed by atoms with van der Waals surface area (Å²) in [5.74, 6) is 0. The van der Waals surface area contributed by atoms with Crippen LogP contribution in [0.3, 0.4) is 0 Å². The van der Waals surface area contributed by atoms with E-state index in [4.69, 9.17) is 5.73 Å². The quantitative estimate of drug-likeness (QED) is 0.774. The van der Waals surface area contributed by atoms with E-state index in [1.807, 2.05) is 19.2 Å². The molecule has 2 aromatic heterocycles. The van der Waals surface area contributed by atoms with Crippen LogP contribution in [0.1, 0.15) is 18.9 Å². The lowest BCUT2D eigenvalue weighted by atomic mass is 10.1. The minimum atomic E-state index is 0.261. The van der Waals surface area contributed by atoms with Crippen LogP contribution in [-0.4, -0.2) is 16.0 Å². The molecule has 0 aliphatic carbocycles. The van der Waals surface area contributed by atoms with Gasteiger partial charge in [-0.1, -0.05) is 0 Å². The monoisotopic (exact) mass is 189 g/mol. The Labute approximate surface area is 83.3 Å². The van der Waals surface area contributed by atoms with Crippen LogP contribution in [0.25, 0.3) is 11.0 Å². The fourth-order valence-corrected chi connectivity index (χ4v) is 1.60. The SMILES string of the molecule is C[C@H](N)CCc1c[nH]c2ncccc12. The highest BCUT2D eigenvalue weighted by Crippen LogP contribution is 2.17. The normalized spacial score (nSPS) is 13.3. The molecule has 2 rings (SSSR count). The summed E-state index contributed by atoms with van der Waals surface area (Å²) in [6, 6.07) is 4.32. The zero-order valence-corrected chi connectivity index (χ0v) is 8.33. The molecule has 3 nitrogen and oxygen atoms in total. The Balaban J connectivity index is 2.25. The second-order valence-corrected chi connectivity index (χ2v) is 3.73. The fraction of sp³-hybridized carbons (Fsp3) is 0.364. The number of rotatable bonds is 3. The van der Waals surface area contributed by atoms with E-state index in [1.54, 1.807) is 6.20 Å². The van der Waals surface area contributed by atoms with Gasteiger partial charge in [0.15, 0.2) is 0 Å². The number of nitrogens with zero attached hydrogens (tertiary/aromatic N) is 1. The molecule has 0 unspecified atom stereocenters. The maximum absolute atomic E-state index is 5.73. The molecule has 0 spiro atoms. The summed E-state index contributed by atoms with van der Waals surface area (Å²) in [4.78, 5) is 7.40. The number of hydrogen-bond donors (Lipinski definition) is 2. The van der Waals surface area contributed by atoms with Crippen LogP contribution < -0.4 is 5.73 Å². The molecular weight excluding hydrogens is 174 g/mol. The third-order valence-electron chi connectivity index (χ3n) is 2.41. The first-order valence-corrected chi connectivity index (χ1v) is 4.94. The molecule has 1 atom stereocenters. The van der Waals surface area contributed by atoms with E-state index >= 15 is 0 Å². The van der Waals surface area contributed by atoms with Gasteiger partial charge in [-0.05, 0) is 37.5 Å². The Morgan fingerprint density at radius 1 is 1.57 bits per heavy atom. The lowest BCUT2D eigenvalue weighted by molar-refractivity contribution is 0.668. The highest BCUT2D eigenvalue weighted by molar-refractivity contribution is 5.79. The van der Waals surface area contributed by atoms with Crippen molar-refractivity contribution in [2.24, 2.45) is 5.73 Å². The Kier molecular flexibility index (Phi) is 2.50. The van der Waals surface area contributed by atoms with Gasteiger partial charge >= 0.3 is 0 Å². The number of nitrogens with two attached hydrogens (primary N) is 1. The summed E-state index contributed by atoms with van der Waals surface area (Å²) >= 11 is 0. The molecule has 3 heteroatoms. The number of aromatic nitrogens is 2. The second kappa shape index (κ2) is 3.80. The maximum Gasteiger partial charge on any atom is 0.137 e. The predicted molar refractivity (Wildman–Crippen MR) is 58.1 cm³/mol. The van der Waals surface area contributed by atoms with E-state index in [9.17, 15) is 0 Å². The lowest BCUT2D eigenvalue weighted by Gasteiger charge is -2.02. The van der Waals surface area contributed by atoms with Gasteiger partial charge in [-0.3, -0.25) is 0 Å². The average molecular weight is 189 g/mol. The first-order chi connectivity index (χ1) is 6.77. The number of hydrogen-bond acceptors (Lipinski definition) is 2. The number of H-pyrrole nitrogens is 1. The van der Waals surface area contributed by atoms with Gasteiger partial charge < -0.3 is 10.7 Å². The smallest absolute Gasteiger partial charge is 0.137 e. The van der Waals surface area contributed by atoms with E-state index < -0.39 is 0 Å². The van der Waals surface area contributed by atoms with E-state index in [0.717, 1.165) is 18.5 Å². The van der Waals surface area contributed by atoms with Crippen molar-refractivity contribution in [3.05, 3.63) is 30.1 Å². The van der Waals surface area contributed by atoms with Crippen LogP contribution in [0.15, 0.2) is 24.5 Å². The fourth-order valence-electron chi connectivity index (χ4n) is 1.60. The van der Waals surface area contributed by atoms with Crippen molar-refractivity contribution in [2.75, 3.05) is 0 Å². The molecule has 0 amide bonds. The van der Waals surface area contributed by atoms with Gasteiger partial charge in [-0.15, -0.1) is 0 Å². The molecule has 0 bridgehead atoms. The van der Waals surface area contributed by atoms with Gasteiger partial charge in [0, 0.05) is 23.8 Å². The van der Waals surface area contributed by atoms with E-state index in [1.165, 1.54) is 10.9 Å². The van der Waals surface area contributed by atoms with Crippen LogP contribution >= 0.6 is 0 Å². The topological polar surface area (TPSA) is 54.7 Å². The first-order valence-electron chi connectivity index (χ1n) is 4.94. The summed E-state index contributed by atoms with van der Waals surface area (Å²) in [5.41, 5.74) is 8.00. The largest absolute Gasteiger partial charge is 0.346 e. The second-order valence-electron chi connectivity index (χ2n) is 3.73. The number of nitrogens with one attached hydrogen (secondary N) is 1. The standard InChI is InChI=1S/C11H15N3/c1-8(12)4-5-9-7-14-11-10(9)3-2-6-13-11/h2-3,6-8H,4-5,12H2,1H3,(H,13,14)/t8-/m0/s1. The summed E-state index contributed by atoms with van der Waals surface area (Å²) in [7, 11) is 0. The van der Waals surface area contributed by atoms with Crippen LogP contribution in [0.2, 0.25) is 0 Å². The van der Waals surface area contributed by atoms with E-state index in [2.05, 4.69) is 16.0 Å². The molecule has 3 N–H and O–H groups in total. The van der Waals surface area contributed by atoms with Crippen molar-refractivity contribution in [1.29, 1.82) is 0 Å². The molecule has 0 radical (unpaired) electrons. The summed E-state index contributed by atoms with van der Waals surface area (Å²) < 4.78 is 0. The van der Waals surface area contributed by atoms with Gasteiger partial charge in [0.1, 0.15) is 5.65 Å². The Bertz CT molecular complexity index is 417. The molecule has 2 aromatic rings. The van der Waals surface area contributed by atoms with Crippen LogP contribution in [0, 0.1) is 0 Å². The van der Waals surface area contributed by atoms with Gasteiger partial charge in [0.05, 0.1) is 0 Å². The highest BCUT2D eigenvalue weighted by atomic mass is 14.8. The molecular formula is C11H15N3. The summed E-state index contributed by atoms with van der Waals surface area (Å²) in [6.45, 7) is 2.03. The molecule has 2 heterocycles. The number of fused-ring (bicyclic) bond motifs is 1. The van der Waals surface area contributed by atoms with Crippen molar-refractivity contribution in [1.82, 2.24) is 9.97 Å². The summed E-state index contributed by atoms with van der Waals surface area (Å²) in [6.07, 6.45) is 5.86. The zero-order chi connectivity index (χ0) is 9.97. The Hall–Kier alpha value is -1.35. The van der Waals surface area contributed by atoms with Crippen molar-refractivity contribution in [3.63, 3.8) is 0 Å². The molecule has 0 saturated heterocycles. The van der Waals surface area contributed by atoms with Crippen molar-refractivity contribution in [3.8, 4) is 0 Å². The Morgan fingerprint density at radius 3 is 3.21 bits per heavy atom. The third-order valence-corrected chi connectivity index (χ3v) is 2.41. The van der Waals surface area contributed by atoms with Crippen LogP contribution in [0.4, 0.5) is 0 Å². The number of aromatic amines is 1. The van der Waals surface area contributed by atoms with Gasteiger partial charge in [-0.25, -0.2) is 4.98 Å². The van der Waals surface area contributed by atoms with E-state index in [-0.39, 0.29) is 6.04 Å². The van der Waals surface area contributed by atoms with Gasteiger partial charge in [-0.2, -0.15) is 0 Å². The average Bonchev–Trinajstić information content (AvgIpc) is 2.58. The Morgan fingerprint density at radius 2 is 2.43 bits per heavy atom. The summed E-state index contributed by atoms with van der Waals surface area (Å²) in [5, 5.41) is 1.22. The first kappa shape index (κ1) is 9.21. The molecule has 0 saturated carbocycles. The van der Waals surface area contributed by atoms with Crippen LogP contribution in [-0.2, 0) is 6.42 Å².